The molecule has 202 valence electrons. The molecule has 1 heterocycles. The van der Waals surface area contributed by atoms with E-state index in [-0.39, 0.29) is 16.7 Å². The van der Waals surface area contributed by atoms with Crippen LogP contribution in [0.2, 0.25) is 0 Å². The second-order valence-corrected chi connectivity index (χ2v) is 10.7. The van der Waals surface area contributed by atoms with Gasteiger partial charge < -0.3 is 4.74 Å². The Morgan fingerprint density at radius 3 is 2.03 bits per heavy atom. The van der Waals surface area contributed by atoms with Crippen molar-refractivity contribution in [2.45, 2.75) is 44.6 Å². The molecule has 0 unspecified atom stereocenters. The lowest BCUT2D eigenvalue weighted by Gasteiger charge is -2.44. The maximum Gasteiger partial charge on any atom is 0.342 e. The first-order chi connectivity index (χ1) is 18.6. The van der Waals surface area contributed by atoms with E-state index in [0.29, 0.717) is 12.1 Å². The van der Waals surface area contributed by atoms with E-state index in [2.05, 4.69) is 53.4 Å². The number of esters is 1. The highest BCUT2D eigenvalue weighted by Gasteiger charge is 2.39. The fourth-order valence-corrected chi connectivity index (χ4v) is 5.43. The Bertz CT molecular complexity index is 1320. The Morgan fingerprint density at radius 2 is 1.51 bits per heavy atom. The number of nitro benzene ring substituents is 1. The van der Waals surface area contributed by atoms with Crippen LogP contribution in [-0.4, -0.2) is 46.8 Å². The molecule has 0 saturated carbocycles. The molecule has 0 atom stereocenters. The molecular formula is C32H34N2O5. The molecule has 39 heavy (non-hydrogen) atoms. The summed E-state index contributed by atoms with van der Waals surface area (Å²) >= 11 is 0. The zero-order chi connectivity index (χ0) is 28.0. The minimum atomic E-state index is -0.853. The molecule has 3 aromatic carbocycles. The molecule has 3 aromatic rings. The fraction of sp³-hybridized carbons (Fsp3) is 0.312. The maximum atomic E-state index is 13.1. The van der Waals surface area contributed by atoms with Crippen LogP contribution in [0, 0.1) is 10.1 Å². The standard InChI is InChI=1S/C32H34N2O5/c1-24(35)29(22-25-11-10-16-28(21-25)34(37)38)30(36)39-31(2,3)23-33-19-17-32(18-20-33,26-12-6-4-7-13-26)27-14-8-5-9-15-27/h4-16,21-22H,17-20,23H2,1-3H3. The second-order valence-electron chi connectivity index (χ2n) is 10.7. The number of benzene rings is 3. The van der Waals surface area contributed by atoms with E-state index < -0.39 is 22.3 Å². The van der Waals surface area contributed by atoms with Crippen molar-refractivity contribution in [3.8, 4) is 0 Å². The van der Waals surface area contributed by atoms with Crippen molar-refractivity contribution in [1.29, 1.82) is 0 Å². The molecule has 0 bridgehead atoms. The summed E-state index contributed by atoms with van der Waals surface area (Å²) < 4.78 is 5.83. The summed E-state index contributed by atoms with van der Waals surface area (Å²) in [7, 11) is 0. The van der Waals surface area contributed by atoms with E-state index in [0.717, 1.165) is 25.9 Å². The van der Waals surface area contributed by atoms with Crippen molar-refractivity contribution in [3.63, 3.8) is 0 Å². The zero-order valence-corrected chi connectivity index (χ0v) is 22.6. The van der Waals surface area contributed by atoms with Crippen molar-refractivity contribution in [2.24, 2.45) is 0 Å². The summed E-state index contributed by atoms with van der Waals surface area (Å²) in [5, 5.41) is 11.1. The zero-order valence-electron chi connectivity index (χ0n) is 22.6. The molecule has 0 amide bonds. The molecule has 0 spiro atoms. The van der Waals surface area contributed by atoms with E-state index >= 15 is 0 Å². The first-order valence-corrected chi connectivity index (χ1v) is 13.1. The molecule has 4 rings (SSSR count). The van der Waals surface area contributed by atoms with E-state index in [1.54, 1.807) is 6.07 Å². The molecule has 7 heteroatoms. The van der Waals surface area contributed by atoms with Crippen LogP contribution in [0.25, 0.3) is 6.08 Å². The Hall–Kier alpha value is -4.10. The number of non-ortho nitro benzene ring substituents is 1. The van der Waals surface area contributed by atoms with Crippen molar-refractivity contribution >= 4 is 23.5 Å². The van der Waals surface area contributed by atoms with Gasteiger partial charge in [-0.1, -0.05) is 72.8 Å². The molecule has 0 aromatic heterocycles. The van der Waals surface area contributed by atoms with Gasteiger partial charge in [0.2, 0.25) is 0 Å². The molecule has 1 saturated heterocycles. The molecule has 7 nitrogen and oxygen atoms in total. The highest BCUT2D eigenvalue weighted by Crippen LogP contribution is 2.42. The topological polar surface area (TPSA) is 89.8 Å². The first-order valence-electron chi connectivity index (χ1n) is 13.1. The fourth-order valence-electron chi connectivity index (χ4n) is 5.43. The van der Waals surface area contributed by atoms with Crippen LogP contribution in [0.3, 0.4) is 0 Å². The van der Waals surface area contributed by atoms with Crippen LogP contribution >= 0.6 is 0 Å². The monoisotopic (exact) mass is 526 g/mol. The number of carbonyl (C=O) groups excluding carboxylic acids is 2. The Labute approximate surface area is 229 Å². The molecule has 1 aliphatic heterocycles. The maximum absolute atomic E-state index is 13.1. The Balaban J connectivity index is 1.46. The number of carbonyl (C=O) groups is 2. The van der Waals surface area contributed by atoms with Gasteiger partial charge in [0, 0.05) is 24.1 Å². The minimum absolute atomic E-state index is 0.0807. The van der Waals surface area contributed by atoms with Crippen molar-refractivity contribution < 1.29 is 19.2 Å². The van der Waals surface area contributed by atoms with Crippen LogP contribution in [0.1, 0.15) is 50.3 Å². The van der Waals surface area contributed by atoms with E-state index in [1.807, 2.05) is 26.0 Å². The minimum Gasteiger partial charge on any atom is -0.455 e. The molecule has 0 radical (unpaired) electrons. The van der Waals surface area contributed by atoms with Crippen molar-refractivity contribution in [1.82, 2.24) is 4.90 Å². The lowest BCUT2D eigenvalue weighted by atomic mass is 9.68. The van der Waals surface area contributed by atoms with Gasteiger partial charge in [0.05, 0.1) is 4.92 Å². The van der Waals surface area contributed by atoms with Gasteiger partial charge in [0.1, 0.15) is 11.2 Å². The number of likely N-dealkylation sites (tertiary alicyclic amines) is 1. The number of nitrogens with zero attached hydrogens (tertiary/aromatic N) is 2. The first kappa shape index (κ1) is 27.9. The van der Waals surface area contributed by atoms with Crippen LogP contribution in [0.4, 0.5) is 5.69 Å². The Kier molecular flexibility index (Phi) is 8.41. The largest absolute Gasteiger partial charge is 0.455 e. The summed E-state index contributed by atoms with van der Waals surface area (Å²) in [6.07, 6.45) is 3.20. The van der Waals surface area contributed by atoms with Crippen LogP contribution in [0.5, 0.6) is 0 Å². The average molecular weight is 527 g/mol. The summed E-state index contributed by atoms with van der Waals surface area (Å²) in [4.78, 5) is 38.3. The SMILES string of the molecule is CC(=O)C(=Cc1cccc([N+](=O)[O-])c1)C(=O)OC(C)(C)CN1CCC(c2ccccc2)(c2ccccc2)CC1. The van der Waals surface area contributed by atoms with Crippen molar-refractivity contribution in [2.75, 3.05) is 19.6 Å². The predicted molar refractivity (Wildman–Crippen MR) is 151 cm³/mol. The predicted octanol–water partition coefficient (Wildman–Crippen LogP) is 5.97. The number of rotatable bonds is 9. The normalized spacial score (nSPS) is 15.9. The van der Waals surface area contributed by atoms with Gasteiger partial charge in [0.15, 0.2) is 5.78 Å². The van der Waals surface area contributed by atoms with Crippen LogP contribution in [-0.2, 0) is 19.7 Å². The third-order valence-electron chi connectivity index (χ3n) is 7.33. The van der Waals surface area contributed by atoms with Crippen molar-refractivity contribution in [3.05, 3.63) is 117 Å². The molecule has 0 N–H and O–H groups in total. The number of piperidine rings is 1. The van der Waals surface area contributed by atoms with Gasteiger partial charge in [-0.2, -0.15) is 0 Å². The lowest BCUT2D eigenvalue weighted by molar-refractivity contribution is -0.384. The van der Waals surface area contributed by atoms with Crippen LogP contribution in [0.15, 0.2) is 90.5 Å². The summed E-state index contributed by atoms with van der Waals surface area (Å²) in [6, 6.07) is 27.0. The van der Waals surface area contributed by atoms with E-state index in [1.165, 1.54) is 42.3 Å². The molecule has 1 aliphatic rings. The average Bonchev–Trinajstić information content (AvgIpc) is 2.92. The number of ketones is 1. The summed E-state index contributed by atoms with van der Waals surface area (Å²) in [5.74, 6) is -1.20. The smallest absolute Gasteiger partial charge is 0.342 e. The highest BCUT2D eigenvalue weighted by atomic mass is 16.6. The molecule has 0 aliphatic carbocycles. The van der Waals surface area contributed by atoms with Gasteiger partial charge in [-0.05, 0) is 69.5 Å². The number of nitro groups is 1. The highest BCUT2D eigenvalue weighted by molar-refractivity contribution is 6.19. The summed E-state index contributed by atoms with van der Waals surface area (Å²) in [5.41, 5.74) is 1.80. The van der Waals surface area contributed by atoms with Crippen LogP contribution < -0.4 is 0 Å². The van der Waals surface area contributed by atoms with Gasteiger partial charge in [0.25, 0.3) is 5.69 Å². The summed E-state index contributed by atoms with van der Waals surface area (Å²) in [6.45, 7) is 7.13. The van der Waals surface area contributed by atoms with E-state index in [4.69, 9.17) is 4.74 Å². The van der Waals surface area contributed by atoms with Gasteiger partial charge in [-0.3, -0.25) is 19.8 Å². The lowest BCUT2D eigenvalue weighted by Crippen LogP contribution is -2.49. The molecule has 1 fully saturated rings. The number of ether oxygens (including phenoxy) is 1. The number of hydrogen-bond donors (Lipinski definition) is 0. The third kappa shape index (κ3) is 6.67. The Morgan fingerprint density at radius 1 is 0.949 bits per heavy atom. The third-order valence-corrected chi connectivity index (χ3v) is 7.33. The molecular weight excluding hydrogens is 492 g/mol. The van der Waals surface area contributed by atoms with E-state index in [9.17, 15) is 19.7 Å². The quantitative estimate of drug-likeness (QED) is 0.0852. The number of Topliss-reactive ketones (excluding diaryl/α,β-unsaturated/α-hetero) is 1. The second kappa shape index (κ2) is 11.7. The number of hydrogen-bond acceptors (Lipinski definition) is 6. The van der Waals surface area contributed by atoms with Gasteiger partial charge in [-0.25, -0.2) is 4.79 Å². The van der Waals surface area contributed by atoms with Gasteiger partial charge in [-0.15, -0.1) is 0 Å². The van der Waals surface area contributed by atoms with Gasteiger partial charge >= 0.3 is 5.97 Å².